The van der Waals surface area contributed by atoms with Crippen LogP contribution >= 0.6 is 11.8 Å². The van der Waals surface area contributed by atoms with Gasteiger partial charge in [0, 0.05) is 61.6 Å². The molecule has 0 fully saturated rings. The number of rotatable bonds is 14. The molecule has 2 heterocycles. The molecule has 2 N–H and O–H groups in total. The summed E-state index contributed by atoms with van der Waals surface area (Å²) in [5.74, 6) is 1.11. The Kier molecular flexibility index (Phi) is 11.6. The topological polar surface area (TPSA) is 47.7 Å². The smallest absolute Gasteiger partial charge is 0.232 e. The first kappa shape index (κ1) is 26.2. The van der Waals surface area contributed by atoms with Crippen LogP contribution in [0.25, 0.3) is 12.2 Å². The number of nitrogens with zero attached hydrogens (tertiary/aromatic N) is 3. The van der Waals surface area contributed by atoms with Gasteiger partial charge in [-0.05, 0) is 36.1 Å². The predicted molar refractivity (Wildman–Crippen MR) is 150 cm³/mol. The Morgan fingerprint density at radius 1 is 1.09 bits per heavy atom. The van der Waals surface area contributed by atoms with Gasteiger partial charge in [-0.1, -0.05) is 54.8 Å². The van der Waals surface area contributed by atoms with Crippen molar-refractivity contribution < 1.29 is 9.56 Å². The van der Waals surface area contributed by atoms with Crippen LogP contribution in [0.1, 0.15) is 30.4 Å². The van der Waals surface area contributed by atoms with Crippen LogP contribution in [-0.2, 0) is 13.1 Å². The van der Waals surface area contributed by atoms with Gasteiger partial charge >= 0.3 is 0 Å². The highest BCUT2D eigenvalue weighted by molar-refractivity contribution is 8.14. The molecule has 0 saturated heterocycles. The molecule has 182 valence electrons. The van der Waals surface area contributed by atoms with E-state index in [0.717, 1.165) is 37.5 Å². The Bertz CT molecular complexity index is 1080. The maximum Gasteiger partial charge on any atom is 0.232 e. The summed E-state index contributed by atoms with van der Waals surface area (Å²) < 4.78 is 4.36. The van der Waals surface area contributed by atoms with E-state index in [1.165, 1.54) is 29.0 Å². The second kappa shape index (κ2) is 15.5. The third-order valence-electron chi connectivity index (χ3n) is 5.48. The first-order valence-corrected chi connectivity index (χ1v) is 13.2. The first-order chi connectivity index (χ1) is 17.3. The molecule has 0 aliphatic carbocycles. The monoisotopic (exact) mass is 487 g/mol. The zero-order chi connectivity index (χ0) is 24.6. The summed E-state index contributed by atoms with van der Waals surface area (Å²) in [6.07, 6.45) is 23.6. The number of unbranched alkanes of at least 4 members (excludes halogenated alkanes) is 1. The molecule has 35 heavy (non-hydrogen) atoms. The largest absolute Gasteiger partial charge is 0.385 e. The molecule has 1 aromatic carbocycles. The van der Waals surface area contributed by atoms with Gasteiger partial charge in [0.05, 0.1) is 6.33 Å². The molecule has 0 bridgehead atoms. The van der Waals surface area contributed by atoms with Gasteiger partial charge < -0.3 is 9.88 Å². The van der Waals surface area contributed by atoms with E-state index in [2.05, 4.69) is 98.0 Å². The van der Waals surface area contributed by atoms with Crippen molar-refractivity contribution in [2.24, 2.45) is 0 Å². The summed E-state index contributed by atoms with van der Waals surface area (Å²) in [5.41, 5.74) is 3.56. The molecule has 5 nitrogen and oxygen atoms in total. The molecule has 3 rings (SSSR count). The Morgan fingerprint density at radius 2 is 1.86 bits per heavy atom. The van der Waals surface area contributed by atoms with Crippen LogP contribution in [0.2, 0.25) is 0 Å². The van der Waals surface area contributed by atoms with Crippen LogP contribution < -0.4 is 14.9 Å². The molecule has 0 aliphatic heterocycles. The zero-order valence-electron chi connectivity index (χ0n) is 20.6. The minimum absolute atomic E-state index is 0.943. The molecule has 2 aromatic heterocycles. The summed E-state index contributed by atoms with van der Waals surface area (Å²) in [4.78, 5) is 7.29. The fourth-order valence-electron chi connectivity index (χ4n) is 3.48. The second-order valence-corrected chi connectivity index (χ2v) is 9.31. The van der Waals surface area contributed by atoms with Crippen LogP contribution in [0.4, 0.5) is 5.69 Å². The first-order valence-electron chi connectivity index (χ1n) is 12.2. The SMILES string of the molecule is C=C/C=C\C(=[NH+]C)SCCCC[n+]1ccc(/C=C/c2ccc(NCCCn3ccnc3)cc2)cc1. The van der Waals surface area contributed by atoms with Crippen LogP contribution in [-0.4, -0.2) is 33.9 Å². The fraction of sp³-hybridized carbons (Fsp3) is 0.276. The number of hydrogen-bond donors (Lipinski definition) is 2. The third kappa shape index (κ3) is 10.2. The number of nitrogens with one attached hydrogen (secondary N) is 2. The Labute approximate surface area is 214 Å². The van der Waals surface area contributed by atoms with Gasteiger partial charge in [-0.3, -0.25) is 0 Å². The third-order valence-corrected chi connectivity index (χ3v) is 6.62. The summed E-state index contributed by atoms with van der Waals surface area (Å²) in [7, 11) is 1.96. The van der Waals surface area contributed by atoms with Crippen LogP contribution in [0.15, 0.2) is 92.3 Å². The van der Waals surface area contributed by atoms with E-state index < -0.39 is 0 Å². The normalized spacial score (nSPS) is 12.0. The summed E-state index contributed by atoms with van der Waals surface area (Å²) in [6, 6.07) is 12.9. The minimum Gasteiger partial charge on any atom is -0.385 e. The Balaban J connectivity index is 1.35. The van der Waals surface area contributed by atoms with E-state index in [9.17, 15) is 0 Å². The number of pyridine rings is 1. The van der Waals surface area contributed by atoms with Crippen molar-refractivity contribution in [2.45, 2.75) is 32.4 Å². The van der Waals surface area contributed by atoms with E-state index in [0.29, 0.717) is 0 Å². The lowest BCUT2D eigenvalue weighted by Gasteiger charge is -2.07. The Morgan fingerprint density at radius 3 is 2.54 bits per heavy atom. The highest BCUT2D eigenvalue weighted by Crippen LogP contribution is 2.13. The van der Waals surface area contributed by atoms with E-state index in [1.807, 2.05) is 43.6 Å². The highest BCUT2D eigenvalue weighted by Gasteiger charge is 2.03. The standard InChI is InChI=1S/C29H35N5S/c1-3-4-8-29(30-2)35-24-6-5-19-33-21-15-27(16-22-33)10-9-26-11-13-28(14-12-26)32-17-7-20-34-23-18-31-25-34/h3-4,8-16,18,21-23,25H,1,5-7,17,19-20,24H2,2H3/p+2/b8-4-,30-29?. The zero-order valence-corrected chi connectivity index (χ0v) is 21.5. The molecule has 0 amide bonds. The van der Waals surface area contributed by atoms with E-state index in [1.54, 1.807) is 6.08 Å². The molecule has 0 aliphatic rings. The molecule has 0 spiro atoms. The van der Waals surface area contributed by atoms with Crippen molar-refractivity contribution in [3.8, 4) is 0 Å². The number of allylic oxidation sites excluding steroid dienone is 2. The van der Waals surface area contributed by atoms with Gasteiger partial charge in [0.2, 0.25) is 5.04 Å². The van der Waals surface area contributed by atoms with E-state index in [-0.39, 0.29) is 0 Å². The van der Waals surface area contributed by atoms with E-state index >= 15 is 0 Å². The lowest BCUT2D eigenvalue weighted by atomic mass is 10.1. The van der Waals surface area contributed by atoms with Crippen molar-refractivity contribution in [3.63, 3.8) is 0 Å². The average molecular weight is 488 g/mol. The van der Waals surface area contributed by atoms with Crippen molar-refractivity contribution in [1.29, 1.82) is 0 Å². The maximum atomic E-state index is 4.07. The molecule has 0 atom stereocenters. The molecular formula is C29H37N5S+2. The van der Waals surface area contributed by atoms with Crippen molar-refractivity contribution in [1.82, 2.24) is 9.55 Å². The molecule has 0 saturated carbocycles. The van der Waals surface area contributed by atoms with Crippen molar-refractivity contribution in [3.05, 3.63) is 103 Å². The molecular weight excluding hydrogens is 450 g/mol. The lowest BCUT2D eigenvalue weighted by Crippen LogP contribution is -2.66. The number of imidazole rings is 1. The lowest BCUT2D eigenvalue weighted by molar-refractivity contribution is -0.697. The van der Waals surface area contributed by atoms with E-state index in [4.69, 9.17) is 0 Å². The number of benzene rings is 1. The van der Waals surface area contributed by atoms with Gasteiger partial charge in [0.25, 0.3) is 0 Å². The molecule has 6 heteroatoms. The highest BCUT2D eigenvalue weighted by atomic mass is 32.2. The summed E-state index contributed by atoms with van der Waals surface area (Å²) >= 11 is 1.85. The minimum atomic E-state index is 0.943. The quantitative estimate of drug-likeness (QED) is 0.118. The second-order valence-electron chi connectivity index (χ2n) is 8.17. The van der Waals surface area contributed by atoms with Crippen LogP contribution in [0.3, 0.4) is 0 Å². The van der Waals surface area contributed by atoms with Crippen LogP contribution in [0.5, 0.6) is 0 Å². The Hall–Kier alpha value is -3.38. The number of thioether (sulfide) groups is 1. The van der Waals surface area contributed by atoms with Crippen molar-refractivity contribution in [2.75, 3.05) is 24.7 Å². The van der Waals surface area contributed by atoms with Gasteiger partial charge in [-0.15, -0.1) is 0 Å². The van der Waals surface area contributed by atoms with Gasteiger partial charge in [-0.2, -0.15) is 0 Å². The van der Waals surface area contributed by atoms with Gasteiger partial charge in [0.1, 0.15) is 13.6 Å². The van der Waals surface area contributed by atoms with Gasteiger partial charge in [0.15, 0.2) is 12.4 Å². The maximum absolute atomic E-state index is 4.07. The molecule has 0 radical (unpaired) electrons. The molecule has 3 aromatic rings. The summed E-state index contributed by atoms with van der Waals surface area (Å²) in [5, 5.41) is 4.66. The number of aryl methyl sites for hydroxylation is 2. The molecule has 0 unspecified atom stereocenters. The summed E-state index contributed by atoms with van der Waals surface area (Å²) in [6.45, 7) is 6.68. The van der Waals surface area contributed by atoms with Crippen molar-refractivity contribution >= 4 is 34.6 Å². The number of hydrogen-bond acceptors (Lipinski definition) is 3. The average Bonchev–Trinajstić information content (AvgIpc) is 3.42. The number of anilines is 1. The van der Waals surface area contributed by atoms with Crippen LogP contribution in [0, 0.1) is 0 Å². The number of aromatic nitrogens is 3. The van der Waals surface area contributed by atoms with Gasteiger partial charge in [-0.25, -0.2) is 14.5 Å². The predicted octanol–water partition coefficient (Wildman–Crippen LogP) is 4.21. The fourth-order valence-corrected chi connectivity index (χ4v) is 4.37.